The van der Waals surface area contributed by atoms with Gasteiger partial charge in [0.1, 0.15) is 24.1 Å². The van der Waals surface area contributed by atoms with Crippen molar-refractivity contribution in [1.29, 1.82) is 0 Å². The van der Waals surface area contributed by atoms with Crippen LogP contribution in [0.3, 0.4) is 0 Å². The topological polar surface area (TPSA) is 171 Å². The number of ether oxygens (including phenoxy) is 2. The zero-order valence-electron chi connectivity index (χ0n) is 27.6. The Morgan fingerprint density at radius 1 is 1.00 bits per heavy atom. The molecule has 10 heteroatoms. The normalized spacial score (nSPS) is 44.6. The van der Waals surface area contributed by atoms with Crippen LogP contribution in [0.4, 0.5) is 0 Å². The number of carboxylic acid groups (broad SMARTS) is 1. The summed E-state index contributed by atoms with van der Waals surface area (Å²) in [4.78, 5) is 38.6. The van der Waals surface area contributed by atoms with Gasteiger partial charge in [-0.15, -0.1) is 0 Å². The number of aliphatic hydroxyl groups excluding tert-OH is 4. The smallest absolute Gasteiger partial charge is 0.335 e. The van der Waals surface area contributed by atoms with Crippen molar-refractivity contribution in [2.24, 2.45) is 52.3 Å². The Bertz CT molecular complexity index is 1200. The van der Waals surface area contributed by atoms with Crippen molar-refractivity contribution in [1.82, 2.24) is 0 Å². The standard InChI is InChI=1S/C35H54O10/c1-7-20(16(2)3)23(36)14-17(4)24-26(37)27(38)25-21-9-8-18-15-19(10-12-34(18,5)22(21)11-13-35(24,25)6)44-33-30(41)28(39)29(40)31(45-33)32(42)43/h16-22,25,28-31,33,37,39-41H,7-15H2,1-6H3,(H,42,43)/t17-,18+,19+,20-,21-,22+,25+,28+,29+,30-,31+,33-,34+,35-/m1/s1. The summed E-state index contributed by atoms with van der Waals surface area (Å²) in [5.41, 5.74) is 0.262. The van der Waals surface area contributed by atoms with Crippen molar-refractivity contribution >= 4 is 17.5 Å². The number of Topliss-reactive ketones (excluding diaryl/α,β-unsaturated/α-hetero) is 2. The lowest BCUT2D eigenvalue weighted by atomic mass is 9.44. The first kappa shape index (κ1) is 34.5. The average molecular weight is 635 g/mol. The third kappa shape index (κ3) is 5.70. The van der Waals surface area contributed by atoms with Crippen LogP contribution in [-0.2, 0) is 23.9 Å². The molecule has 0 amide bonds. The summed E-state index contributed by atoms with van der Waals surface area (Å²) in [5, 5.41) is 51.5. The SMILES string of the molecule is CC[C@@H](C(=O)C[C@@H](C)C1=C(O)C(=O)[C@@H]2[C@@H]3CC[C@H]4C[C@@H](O[C@@H]5O[C@H](C(=O)O)[C@@H](O)[C@H](O)[C@H]5O)CC[C@]4(C)[C@H]3CC[C@]12C)C(C)C. The molecule has 3 saturated carbocycles. The lowest BCUT2D eigenvalue weighted by Gasteiger charge is -2.60. The van der Waals surface area contributed by atoms with Crippen molar-refractivity contribution < 1.29 is 49.4 Å². The van der Waals surface area contributed by atoms with Gasteiger partial charge in [-0.2, -0.15) is 0 Å². The van der Waals surface area contributed by atoms with Gasteiger partial charge in [0, 0.05) is 23.7 Å². The Morgan fingerprint density at radius 3 is 2.31 bits per heavy atom. The van der Waals surface area contributed by atoms with Gasteiger partial charge in [-0.1, -0.05) is 41.5 Å². The van der Waals surface area contributed by atoms with Crippen LogP contribution < -0.4 is 0 Å². The Morgan fingerprint density at radius 2 is 1.69 bits per heavy atom. The third-order valence-corrected chi connectivity index (χ3v) is 13.0. The summed E-state index contributed by atoms with van der Waals surface area (Å²) in [5.74, 6) is -1.06. The van der Waals surface area contributed by atoms with E-state index in [-0.39, 0.29) is 64.4 Å². The molecule has 5 N–H and O–H groups in total. The third-order valence-electron chi connectivity index (χ3n) is 13.0. The van der Waals surface area contributed by atoms with Crippen molar-refractivity contribution in [3.63, 3.8) is 0 Å². The molecular weight excluding hydrogens is 580 g/mol. The molecule has 4 aliphatic carbocycles. The molecule has 0 radical (unpaired) electrons. The van der Waals surface area contributed by atoms with E-state index in [1.807, 2.05) is 13.8 Å². The van der Waals surface area contributed by atoms with Crippen LogP contribution in [0, 0.1) is 52.3 Å². The van der Waals surface area contributed by atoms with Crippen molar-refractivity contribution in [3.8, 4) is 0 Å². The fourth-order valence-corrected chi connectivity index (χ4v) is 10.7. The molecule has 4 fully saturated rings. The van der Waals surface area contributed by atoms with Crippen LogP contribution in [-0.4, -0.2) is 79.9 Å². The maximum Gasteiger partial charge on any atom is 0.335 e. The monoisotopic (exact) mass is 634 g/mol. The summed E-state index contributed by atoms with van der Waals surface area (Å²) >= 11 is 0. The van der Waals surface area contributed by atoms with Gasteiger partial charge in [0.25, 0.3) is 0 Å². The Kier molecular flexibility index (Phi) is 9.68. The predicted octanol–water partition coefficient (Wildman–Crippen LogP) is 4.19. The van der Waals surface area contributed by atoms with E-state index in [2.05, 4.69) is 27.7 Å². The summed E-state index contributed by atoms with van der Waals surface area (Å²) < 4.78 is 11.5. The van der Waals surface area contributed by atoms with Crippen molar-refractivity contribution in [3.05, 3.63) is 11.3 Å². The first-order valence-corrected chi connectivity index (χ1v) is 17.1. The number of carbonyl (C=O) groups is 3. The fraction of sp³-hybridized carbons (Fsp3) is 0.857. The van der Waals surface area contributed by atoms with Gasteiger partial charge in [0.2, 0.25) is 5.78 Å². The number of carbonyl (C=O) groups excluding carboxylic acids is 2. The Hall–Kier alpha value is -1.85. The first-order chi connectivity index (χ1) is 21.1. The number of carboxylic acids is 1. The van der Waals surface area contributed by atoms with Gasteiger partial charge in [-0.05, 0) is 91.9 Å². The highest BCUT2D eigenvalue weighted by atomic mass is 16.7. The van der Waals surface area contributed by atoms with E-state index in [0.29, 0.717) is 25.2 Å². The van der Waals surface area contributed by atoms with Gasteiger partial charge in [-0.3, -0.25) is 9.59 Å². The minimum Gasteiger partial charge on any atom is -0.504 e. The quantitative estimate of drug-likeness (QED) is 0.232. The highest BCUT2D eigenvalue weighted by Gasteiger charge is 2.63. The summed E-state index contributed by atoms with van der Waals surface area (Å²) in [6.07, 6.45) is -1.70. The van der Waals surface area contributed by atoms with Crippen LogP contribution in [0.15, 0.2) is 11.3 Å². The zero-order chi connectivity index (χ0) is 33.2. The van der Waals surface area contributed by atoms with Gasteiger partial charge >= 0.3 is 5.97 Å². The lowest BCUT2D eigenvalue weighted by molar-refractivity contribution is -0.309. The van der Waals surface area contributed by atoms with Crippen LogP contribution >= 0.6 is 0 Å². The molecule has 5 rings (SSSR count). The van der Waals surface area contributed by atoms with Crippen LogP contribution in [0.1, 0.15) is 99.3 Å². The number of ketones is 2. The largest absolute Gasteiger partial charge is 0.504 e. The summed E-state index contributed by atoms with van der Waals surface area (Å²) in [7, 11) is 0. The van der Waals surface area contributed by atoms with Gasteiger partial charge < -0.3 is 35.0 Å². The molecule has 0 unspecified atom stereocenters. The van der Waals surface area contributed by atoms with E-state index in [1.165, 1.54) is 0 Å². The molecule has 10 nitrogen and oxygen atoms in total. The Labute approximate surface area is 266 Å². The molecule has 1 aliphatic heterocycles. The number of aliphatic hydroxyl groups is 4. The van der Waals surface area contributed by atoms with Gasteiger partial charge in [-0.25, -0.2) is 4.79 Å². The summed E-state index contributed by atoms with van der Waals surface area (Å²) in [6.45, 7) is 12.6. The van der Waals surface area contributed by atoms with Gasteiger partial charge in [0.15, 0.2) is 18.2 Å². The highest BCUT2D eigenvalue weighted by molar-refractivity contribution is 6.00. The molecule has 0 bridgehead atoms. The second-order valence-electron chi connectivity index (χ2n) is 15.7. The maximum absolute atomic E-state index is 13.9. The minimum absolute atomic E-state index is 0.0239. The minimum atomic E-state index is -1.76. The van der Waals surface area contributed by atoms with E-state index in [0.717, 1.165) is 44.1 Å². The molecule has 45 heavy (non-hydrogen) atoms. The molecule has 14 atom stereocenters. The van der Waals surface area contributed by atoms with Crippen LogP contribution in [0.5, 0.6) is 0 Å². The fourth-order valence-electron chi connectivity index (χ4n) is 10.7. The van der Waals surface area contributed by atoms with Crippen LogP contribution in [0.2, 0.25) is 0 Å². The molecule has 254 valence electrons. The zero-order valence-corrected chi connectivity index (χ0v) is 27.6. The maximum atomic E-state index is 13.9. The van der Waals surface area contributed by atoms with E-state index in [1.54, 1.807) is 0 Å². The molecule has 1 saturated heterocycles. The number of allylic oxidation sites excluding steroid dienone is 2. The molecule has 1 heterocycles. The van der Waals surface area contributed by atoms with Crippen LogP contribution in [0.25, 0.3) is 0 Å². The average Bonchev–Trinajstić information content (AvgIpc) is 3.17. The number of fused-ring (bicyclic) bond motifs is 5. The second-order valence-corrected chi connectivity index (χ2v) is 15.7. The molecule has 0 aromatic rings. The van der Waals surface area contributed by atoms with Crippen molar-refractivity contribution in [2.45, 2.75) is 136 Å². The number of hydrogen-bond acceptors (Lipinski definition) is 9. The molecule has 5 aliphatic rings. The molecular formula is C35H54O10. The van der Waals surface area contributed by atoms with E-state index in [4.69, 9.17) is 9.47 Å². The van der Waals surface area contributed by atoms with Gasteiger partial charge in [0.05, 0.1) is 6.10 Å². The second kappa shape index (κ2) is 12.6. The number of hydrogen-bond donors (Lipinski definition) is 5. The molecule has 0 aromatic carbocycles. The lowest BCUT2D eigenvalue weighted by Crippen LogP contribution is -2.61. The summed E-state index contributed by atoms with van der Waals surface area (Å²) in [6, 6.07) is 0. The molecule has 0 spiro atoms. The number of aliphatic carboxylic acids is 1. The van der Waals surface area contributed by atoms with Crippen molar-refractivity contribution in [2.75, 3.05) is 0 Å². The Balaban J connectivity index is 1.28. The predicted molar refractivity (Wildman–Crippen MR) is 164 cm³/mol. The highest BCUT2D eigenvalue weighted by Crippen LogP contribution is 2.67. The van der Waals surface area contributed by atoms with E-state index in [9.17, 15) is 39.9 Å². The number of rotatable bonds is 9. The molecule has 0 aromatic heterocycles. The van der Waals surface area contributed by atoms with E-state index >= 15 is 0 Å². The first-order valence-electron chi connectivity index (χ1n) is 17.1. The van der Waals surface area contributed by atoms with E-state index < -0.39 is 42.1 Å².